The van der Waals surface area contributed by atoms with Crippen LogP contribution in [-0.4, -0.2) is 18.1 Å². The Morgan fingerprint density at radius 3 is 2.30 bits per heavy atom. The molecule has 0 aliphatic carbocycles. The number of hydrogen-bond acceptors (Lipinski definition) is 3. The molecule has 0 aliphatic rings. The SMILES string of the molecule is CN(c1ccc(C#N)cc1)c1ccc(C(=O)O)c(Cl)c1. The minimum absolute atomic E-state index is 0.0728. The van der Waals surface area contributed by atoms with Gasteiger partial charge >= 0.3 is 5.97 Å². The smallest absolute Gasteiger partial charge is 0.337 e. The quantitative estimate of drug-likeness (QED) is 0.935. The Balaban J connectivity index is 2.33. The van der Waals surface area contributed by atoms with Gasteiger partial charge in [-0.15, -0.1) is 0 Å². The number of nitrogens with zero attached hydrogens (tertiary/aromatic N) is 2. The van der Waals surface area contributed by atoms with Gasteiger partial charge in [0.1, 0.15) is 0 Å². The van der Waals surface area contributed by atoms with Crippen LogP contribution in [0.4, 0.5) is 11.4 Å². The van der Waals surface area contributed by atoms with Crippen LogP contribution in [-0.2, 0) is 0 Å². The number of rotatable bonds is 3. The summed E-state index contributed by atoms with van der Waals surface area (Å²) in [7, 11) is 1.84. The summed E-state index contributed by atoms with van der Waals surface area (Å²) in [5.41, 5.74) is 2.30. The third kappa shape index (κ3) is 2.73. The maximum Gasteiger partial charge on any atom is 0.337 e. The minimum atomic E-state index is -1.05. The number of anilines is 2. The third-order valence-electron chi connectivity index (χ3n) is 2.95. The van der Waals surface area contributed by atoms with Gasteiger partial charge in [0.15, 0.2) is 0 Å². The molecule has 0 atom stereocenters. The van der Waals surface area contributed by atoms with E-state index >= 15 is 0 Å². The number of hydrogen-bond donors (Lipinski definition) is 1. The lowest BCUT2D eigenvalue weighted by atomic mass is 10.1. The predicted octanol–water partition coefficient (Wildman–Crippen LogP) is 3.68. The van der Waals surface area contributed by atoms with Gasteiger partial charge in [0.25, 0.3) is 0 Å². The Morgan fingerprint density at radius 2 is 1.80 bits per heavy atom. The summed E-state index contributed by atoms with van der Waals surface area (Å²) >= 11 is 5.95. The molecule has 4 nitrogen and oxygen atoms in total. The fraction of sp³-hybridized carbons (Fsp3) is 0.0667. The van der Waals surface area contributed by atoms with E-state index < -0.39 is 5.97 Å². The van der Waals surface area contributed by atoms with Crippen molar-refractivity contribution >= 4 is 28.9 Å². The highest BCUT2D eigenvalue weighted by atomic mass is 35.5. The number of aromatic carboxylic acids is 1. The summed E-state index contributed by atoms with van der Waals surface area (Å²) in [5, 5.41) is 17.9. The average Bonchev–Trinajstić information content (AvgIpc) is 2.46. The van der Waals surface area contributed by atoms with E-state index in [4.69, 9.17) is 22.0 Å². The number of carboxylic acids is 1. The van der Waals surface area contributed by atoms with Crippen LogP contribution in [0.1, 0.15) is 15.9 Å². The molecule has 2 rings (SSSR count). The molecule has 0 aromatic heterocycles. The van der Waals surface area contributed by atoms with Gasteiger partial charge in [-0.3, -0.25) is 0 Å². The molecular weight excluding hydrogens is 276 g/mol. The van der Waals surface area contributed by atoms with Crippen LogP contribution in [0.5, 0.6) is 0 Å². The zero-order valence-electron chi connectivity index (χ0n) is 10.7. The monoisotopic (exact) mass is 286 g/mol. The van der Waals surface area contributed by atoms with Crippen LogP contribution < -0.4 is 4.90 Å². The first-order valence-corrected chi connectivity index (χ1v) is 6.17. The summed E-state index contributed by atoms with van der Waals surface area (Å²) in [6, 6.07) is 13.9. The standard InChI is InChI=1S/C15H11ClN2O2/c1-18(11-4-2-10(9-17)3-5-11)12-6-7-13(15(19)20)14(16)8-12/h2-8H,1H3,(H,19,20). The molecular formula is C15H11ClN2O2. The van der Waals surface area contributed by atoms with Crippen LogP contribution in [0.15, 0.2) is 42.5 Å². The normalized spacial score (nSPS) is 9.85. The van der Waals surface area contributed by atoms with Crippen molar-refractivity contribution in [2.24, 2.45) is 0 Å². The van der Waals surface area contributed by atoms with Gasteiger partial charge in [0.05, 0.1) is 22.2 Å². The van der Waals surface area contributed by atoms with Crippen LogP contribution in [0, 0.1) is 11.3 Å². The van der Waals surface area contributed by atoms with E-state index in [1.807, 2.05) is 24.1 Å². The lowest BCUT2D eigenvalue weighted by Crippen LogP contribution is -2.10. The maximum absolute atomic E-state index is 10.9. The molecule has 2 aromatic carbocycles. The van der Waals surface area contributed by atoms with Crippen molar-refractivity contribution in [3.63, 3.8) is 0 Å². The van der Waals surface area contributed by atoms with Gasteiger partial charge in [-0.2, -0.15) is 5.26 Å². The second-order valence-corrected chi connectivity index (χ2v) is 4.59. The number of carbonyl (C=O) groups is 1. The minimum Gasteiger partial charge on any atom is -0.478 e. The number of benzene rings is 2. The summed E-state index contributed by atoms with van der Waals surface area (Å²) in [6.07, 6.45) is 0. The molecule has 2 aromatic rings. The maximum atomic E-state index is 10.9. The lowest BCUT2D eigenvalue weighted by molar-refractivity contribution is 0.0697. The van der Waals surface area contributed by atoms with E-state index in [9.17, 15) is 4.79 Å². The van der Waals surface area contributed by atoms with E-state index in [1.54, 1.807) is 24.3 Å². The summed E-state index contributed by atoms with van der Waals surface area (Å²) < 4.78 is 0. The van der Waals surface area contributed by atoms with Crippen molar-refractivity contribution in [2.75, 3.05) is 11.9 Å². The van der Waals surface area contributed by atoms with E-state index in [-0.39, 0.29) is 10.6 Å². The molecule has 0 radical (unpaired) electrons. The molecule has 0 bridgehead atoms. The first-order chi connectivity index (χ1) is 9.52. The molecule has 0 fully saturated rings. The Morgan fingerprint density at radius 1 is 1.20 bits per heavy atom. The van der Waals surface area contributed by atoms with Crippen molar-refractivity contribution in [2.45, 2.75) is 0 Å². The molecule has 100 valence electrons. The van der Waals surface area contributed by atoms with Crippen molar-refractivity contribution in [3.05, 3.63) is 58.6 Å². The molecule has 1 N–H and O–H groups in total. The molecule has 0 saturated heterocycles. The molecule has 0 spiro atoms. The third-order valence-corrected chi connectivity index (χ3v) is 3.27. The molecule has 0 heterocycles. The second kappa shape index (κ2) is 5.64. The van der Waals surface area contributed by atoms with Crippen molar-refractivity contribution in [1.29, 1.82) is 5.26 Å². The molecule has 0 aliphatic heterocycles. The molecule has 0 unspecified atom stereocenters. The van der Waals surface area contributed by atoms with Crippen molar-refractivity contribution in [1.82, 2.24) is 0 Å². The Labute approximate surface area is 121 Å². The highest BCUT2D eigenvalue weighted by molar-refractivity contribution is 6.33. The molecule has 0 saturated carbocycles. The van der Waals surface area contributed by atoms with Crippen LogP contribution in [0.25, 0.3) is 0 Å². The fourth-order valence-corrected chi connectivity index (χ4v) is 2.05. The first-order valence-electron chi connectivity index (χ1n) is 5.79. The second-order valence-electron chi connectivity index (χ2n) is 4.19. The predicted molar refractivity (Wildman–Crippen MR) is 77.6 cm³/mol. The van der Waals surface area contributed by atoms with Gasteiger partial charge in [-0.25, -0.2) is 4.79 Å². The first kappa shape index (κ1) is 13.9. The summed E-state index contributed by atoms with van der Waals surface area (Å²) in [6.45, 7) is 0. The van der Waals surface area contributed by atoms with E-state index in [2.05, 4.69) is 6.07 Å². The number of carboxylic acid groups (broad SMARTS) is 1. The van der Waals surface area contributed by atoms with Gasteiger partial charge in [0.2, 0.25) is 0 Å². The topological polar surface area (TPSA) is 64.3 Å². The van der Waals surface area contributed by atoms with Crippen molar-refractivity contribution in [3.8, 4) is 6.07 Å². The zero-order valence-corrected chi connectivity index (χ0v) is 11.4. The Kier molecular flexibility index (Phi) is 3.92. The van der Waals surface area contributed by atoms with E-state index in [0.717, 1.165) is 11.4 Å². The summed E-state index contributed by atoms with van der Waals surface area (Å²) in [5.74, 6) is -1.05. The number of halogens is 1. The highest BCUT2D eigenvalue weighted by Crippen LogP contribution is 2.28. The van der Waals surface area contributed by atoms with Gasteiger partial charge in [0, 0.05) is 18.4 Å². The Hall–Kier alpha value is -2.51. The van der Waals surface area contributed by atoms with E-state index in [1.165, 1.54) is 6.07 Å². The summed E-state index contributed by atoms with van der Waals surface area (Å²) in [4.78, 5) is 12.8. The molecule has 5 heteroatoms. The van der Waals surface area contributed by atoms with Gasteiger partial charge in [-0.05, 0) is 42.5 Å². The van der Waals surface area contributed by atoms with Gasteiger partial charge < -0.3 is 10.0 Å². The van der Waals surface area contributed by atoms with Gasteiger partial charge in [-0.1, -0.05) is 11.6 Å². The average molecular weight is 287 g/mol. The Bertz CT molecular complexity index is 690. The van der Waals surface area contributed by atoms with E-state index in [0.29, 0.717) is 5.56 Å². The molecule has 0 amide bonds. The van der Waals surface area contributed by atoms with Crippen LogP contribution in [0.3, 0.4) is 0 Å². The van der Waals surface area contributed by atoms with Crippen LogP contribution in [0.2, 0.25) is 5.02 Å². The zero-order chi connectivity index (χ0) is 14.7. The fourth-order valence-electron chi connectivity index (χ4n) is 1.79. The van der Waals surface area contributed by atoms with Crippen molar-refractivity contribution < 1.29 is 9.90 Å². The lowest BCUT2D eigenvalue weighted by Gasteiger charge is -2.20. The highest BCUT2D eigenvalue weighted by Gasteiger charge is 2.11. The number of nitriles is 1. The van der Waals surface area contributed by atoms with Crippen LogP contribution >= 0.6 is 11.6 Å². The molecule has 20 heavy (non-hydrogen) atoms. The largest absolute Gasteiger partial charge is 0.478 e.